The normalized spacial score (nSPS) is 10.9. The molecule has 0 spiro atoms. The molecule has 0 saturated carbocycles. The van der Waals surface area contributed by atoms with Gasteiger partial charge in [-0.25, -0.2) is 4.98 Å². The Morgan fingerprint density at radius 1 is 1.00 bits per heavy atom. The summed E-state index contributed by atoms with van der Waals surface area (Å²) in [5, 5.41) is 3.91. The molecule has 0 saturated heterocycles. The number of aromatic nitrogens is 2. The molecule has 27 heavy (non-hydrogen) atoms. The van der Waals surface area contributed by atoms with Gasteiger partial charge in [0.15, 0.2) is 5.43 Å². The molecule has 134 valence electrons. The van der Waals surface area contributed by atoms with Crippen molar-refractivity contribution < 1.29 is 0 Å². The minimum Gasteiger partial charge on any atom is -0.341 e. The highest BCUT2D eigenvalue weighted by Crippen LogP contribution is 2.25. The molecule has 0 fully saturated rings. The zero-order valence-electron chi connectivity index (χ0n) is 15.0. The summed E-state index contributed by atoms with van der Waals surface area (Å²) in [6, 6.07) is 23.1. The zero-order valence-corrected chi connectivity index (χ0v) is 15.0. The molecule has 2 aromatic heterocycles. The Morgan fingerprint density at radius 2 is 1.67 bits per heavy atom. The second kappa shape index (κ2) is 7.05. The van der Waals surface area contributed by atoms with Crippen molar-refractivity contribution >= 4 is 22.5 Å². The average Bonchev–Trinajstić information content (AvgIpc) is 2.69. The molecule has 5 heteroatoms. The zero-order chi connectivity index (χ0) is 18.8. The topological polar surface area (TPSA) is 72.9 Å². The van der Waals surface area contributed by atoms with Crippen LogP contribution in [-0.4, -0.2) is 9.55 Å². The van der Waals surface area contributed by atoms with Crippen molar-refractivity contribution in [1.29, 1.82) is 0 Å². The fourth-order valence-electron chi connectivity index (χ4n) is 3.17. The van der Waals surface area contributed by atoms with E-state index in [1.165, 1.54) is 0 Å². The van der Waals surface area contributed by atoms with Gasteiger partial charge in [0.25, 0.3) is 0 Å². The molecule has 0 bridgehead atoms. The number of anilines is 2. The Morgan fingerprint density at radius 3 is 2.33 bits per heavy atom. The molecular weight excluding hydrogens is 336 g/mol. The Balaban J connectivity index is 2.03. The second-order valence-corrected chi connectivity index (χ2v) is 6.36. The van der Waals surface area contributed by atoms with Crippen molar-refractivity contribution in [2.24, 2.45) is 5.73 Å². The van der Waals surface area contributed by atoms with E-state index >= 15 is 0 Å². The lowest BCUT2D eigenvalue weighted by Gasteiger charge is -2.18. The van der Waals surface area contributed by atoms with E-state index in [0.717, 1.165) is 22.6 Å². The molecule has 0 aliphatic carbocycles. The number of hydrogen-bond donors (Lipinski definition) is 2. The number of rotatable bonds is 4. The summed E-state index contributed by atoms with van der Waals surface area (Å²) in [4.78, 5) is 17.5. The van der Waals surface area contributed by atoms with E-state index < -0.39 is 0 Å². The van der Waals surface area contributed by atoms with Crippen molar-refractivity contribution in [3.63, 3.8) is 0 Å². The molecule has 4 aromatic rings. The van der Waals surface area contributed by atoms with Gasteiger partial charge in [-0.1, -0.05) is 36.4 Å². The van der Waals surface area contributed by atoms with Crippen LogP contribution in [0.25, 0.3) is 16.7 Å². The Labute approximate surface area is 157 Å². The SMILES string of the molecule is Cc1nc2c(cc1CN)c(=O)cc(Nc1ccccc1)n2-c1ccccc1. The number of para-hydroxylation sites is 2. The molecule has 5 nitrogen and oxygen atoms in total. The summed E-state index contributed by atoms with van der Waals surface area (Å²) in [7, 11) is 0. The predicted octanol–water partition coefficient (Wildman–Crippen LogP) is 3.90. The van der Waals surface area contributed by atoms with E-state index in [-0.39, 0.29) is 5.43 Å². The fraction of sp³-hybridized carbons (Fsp3) is 0.0909. The minimum atomic E-state index is -0.0854. The van der Waals surface area contributed by atoms with Gasteiger partial charge in [-0.05, 0) is 42.8 Å². The highest BCUT2D eigenvalue weighted by atomic mass is 16.1. The number of benzene rings is 2. The first-order valence-electron chi connectivity index (χ1n) is 8.81. The van der Waals surface area contributed by atoms with Crippen molar-refractivity contribution in [3.05, 3.63) is 94.3 Å². The molecule has 0 aliphatic rings. The molecule has 0 radical (unpaired) electrons. The van der Waals surface area contributed by atoms with Crippen LogP contribution in [0.5, 0.6) is 0 Å². The van der Waals surface area contributed by atoms with E-state index in [1.54, 1.807) is 6.07 Å². The Hall–Kier alpha value is -3.44. The monoisotopic (exact) mass is 356 g/mol. The smallest absolute Gasteiger partial charge is 0.193 e. The van der Waals surface area contributed by atoms with E-state index in [2.05, 4.69) is 5.32 Å². The molecule has 3 N–H and O–H groups in total. The number of aryl methyl sites for hydroxylation is 1. The van der Waals surface area contributed by atoms with E-state index in [4.69, 9.17) is 10.7 Å². The summed E-state index contributed by atoms with van der Waals surface area (Å²) in [6.45, 7) is 2.27. The molecule has 0 aliphatic heterocycles. The summed E-state index contributed by atoms with van der Waals surface area (Å²) in [5.74, 6) is 0.664. The van der Waals surface area contributed by atoms with E-state index in [1.807, 2.05) is 78.2 Å². The Bertz CT molecular complexity index is 1150. The van der Waals surface area contributed by atoms with Crippen LogP contribution < -0.4 is 16.5 Å². The molecule has 0 amide bonds. The molecule has 4 rings (SSSR count). The standard InChI is InChI=1S/C22H20N4O/c1-15-16(14-23)12-19-20(27)13-21(25-17-8-4-2-5-9-17)26(22(19)24-15)18-10-6-3-7-11-18/h2-13,25H,14,23H2,1H3. The summed E-state index contributed by atoms with van der Waals surface area (Å²) < 4.78 is 1.97. The van der Waals surface area contributed by atoms with Crippen LogP contribution in [-0.2, 0) is 6.54 Å². The maximum atomic E-state index is 12.8. The van der Waals surface area contributed by atoms with Gasteiger partial charge < -0.3 is 11.1 Å². The largest absolute Gasteiger partial charge is 0.341 e. The van der Waals surface area contributed by atoms with Gasteiger partial charge in [0, 0.05) is 29.7 Å². The van der Waals surface area contributed by atoms with Gasteiger partial charge >= 0.3 is 0 Å². The van der Waals surface area contributed by atoms with Crippen molar-refractivity contribution in [1.82, 2.24) is 9.55 Å². The maximum Gasteiger partial charge on any atom is 0.193 e. The first-order valence-corrected chi connectivity index (χ1v) is 8.81. The quantitative estimate of drug-likeness (QED) is 0.582. The molecule has 0 unspecified atom stereocenters. The van der Waals surface area contributed by atoms with Gasteiger partial charge in [-0.3, -0.25) is 9.36 Å². The number of nitrogens with one attached hydrogen (secondary N) is 1. The van der Waals surface area contributed by atoms with Crippen LogP contribution in [0.1, 0.15) is 11.3 Å². The highest BCUT2D eigenvalue weighted by Gasteiger charge is 2.14. The van der Waals surface area contributed by atoms with Crippen molar-refractivity contribution in [2.75, 3.05) is 5.32 Å². The third-order valence-corrected chi connectivity index (χ3v) is 4.56. The van der Waals surface area contributed by atoms with Gasteiger partial charge in [0.2, 0.25) is 0 Å². The fourth-order valence-corrected chi connectivity index (χ4v) is 3.17. The lowest BCUT2D eigenvalue weighted by atomic mass is 10.1. The third-order valence-electron chi connectivity index (χ3n) is 4.56. The first kappa shape index (κ1) is 17.0. The van der Waals surface area contributed by atoms with E-state index in [0.29, 0.717) is 23.4 Å². The summed E-state index contributed by atoms with van der Waals surface area (Å²) in [5.41, 5.74) is 9.87. The Kier molecular flexibility index (Phi) is 4.44. The van der Waals surface area contributed by atoms with Gasteiger partial charge in [0.05, 0.1) is 5.39 Å². The lowest BCUT2D eigenvalue weighted by molar-refractivity contribution is 0.995. The summed E-state index contributed by atoms with van der Waals surface area (Å²) >= 11 is 0. The van der Waals surface area contributed by atoms with Crippen LogP contribution >= 0.6 is 0 Å². The number of hydrogen-bond acceptors (Lipinski definition) is 4. The summed E-state index contributed by atoms with van der Waals surface area (Å²) in [6.07, 6.45) is 0. The van der Waals surface area contributed by atoms with Gasteiger partial charge in [-0.15, -0.1) is 0 Å². The predicted molar refractivity (Wildman–Crippen MR) is 110 cm³/mol. The average molecular weight is 356 g/mol. The van der Waals surface area contributed by atoms with Crippen LogP contribution in [0.2, 0.25) is 0 Å². The molecule has 0 atom stereocenters. The number of fused-ring (bicyclic) bond motifs is 1. The van der Waals surface area contributed by atoms with Crippen molar-refractivity contribution in [2.45, 2.75) is 13.5 Å². The van der Waals surface area contributed by atoms with Gasteiger partial charge in [-0.2, -0.15) is 0 Å². The lowest BCUT2D eigenvalue weighted by Crippen LogP contribution is -2.15. The highest BCUT2D eigenvalue weighted by molar-refractivity contribution is 5.81. The van der Waals surface area contributed by atoms with Crippen LogP contribution in [0.4, 0.5) is 11.5 Å². The number of pyridine rings is 2. The van der Waals surface area contributed by atoms with Crippen LogP contribution in [0.15, 0.2) is 77.6 Å². The molecular formula is C22H20N4O. The van der Waals surface area contributed by atoms with E-state index in [9.17, 15) is 4.79 Å². The third kappa shape index (κ3) is 3.20. The first-order chi connectivity index (χ1) is 13.2. The number of nitrogens with zero attached hydrogens (tertiary/aromatic N) is 2. The van der Waals surface area contributed by atoms with Gasteiger partial charge in [0.1, 0.15) is 11.5 Å². The minimum absolute atomic E-state index is 0.0854. The molecule has 2 aromatic carbocycles. The van der Waals surface area contributed by atoms with Crippen LogP contribution in [0, 0.1) is 6.92 Å². The van der Waals surface area contributed by atoms with Crippen LogP contribution in [0.3, 0.4) is 0 Å². The van der Waals surface area contributed by atoms with Crippen molar-refractivity contribution in [3.8, 4) is 5.69 Å². The number of nitrogens with two attached hydrogens (primary N) is 1. The second-order valence-electron chi connectivity index (χ2n) is 6.36. The molecule has 2 heterocycles. The maximum absolute atomic E-state index is 12.8.